The second kappa shape index (κ2) is 5.86. The molecule has 1 heteroatoms. The molecule has 0 N–H and O–H groups in total. The Hall–Kier alpha value is -1.70. The van der Waals surface area contributed by atoms with Gasteiger partial charge in [0.2, 0.25) is 0 Å². The van der Waals surface area contributed by atoms with Gasteiger partial charge in [-0.25, -0.2) is 0 Å². The highest BCUT2D eigenvalue weighted by Gasteiger charge is 1.92. The van der Waals surface area contributed by atoms with Gasteiger partial charge in [0.05, 0.1) is 0 Å². The van der Waals surface area contributed by atoms with Crippen molar-refractivity contribution < 1.29 is 4.74 Å². The van der Waals surface area contributed by atoms with Crippen molar-refractivity contribution in [2.75, 3.05) is 6.61 Å². The van der Waals surface area contributed by atoms with E-state index in [2.05, 4.69) is 17.8 Å². The summed E-state index contributed by atoms with van der Waals surface area (Å²) in [6.45, 7) is 2.19. The van der Waals surface area contributed by atoms with Gasteiger partial charge in [0.15, 0.2) is 0 Å². The molecule has 1 aromatic rings. The van der Waals surface area contributed by atoms with Crippen LogP contribution in [0.25, 0.3) is 0 Å². The maximum Gasteiger partial charge on any atom is 0.117 e. The summed E-state index contributed by atoms with van der Waals surface area (Å²) >= 11 is 0. The number of hydrogen-bond acceptors (Lipinski definition) is 1. The van der Waals surface area contributed by atoms with E-state index < -0.39 is 0 Å². The van der Waals surface area contributed by atoms with Crippen molar-refractivity contribution >= 4 is 0 Å². The topological polar surface area (TPSA) is 9.23 Å². The molecule has 0 aliphatic heterocycles. The van der Waals surface area contributed by atoms with Crippen LogP contribution in [-0.4, -0.2) is 12.7 Å². The van der Waals surface area contributed by atoms with Crippen LogP contribution in [0.3, 0.4) is 0 Å². The van der Waals surface area contributed by atoms with Crippen molar-refractivity contribution in [1.82, 2.24) is 0 Å². The van der Waals surface area contributed by atoms with Crippen molar-refractivity contribution in [3.63, 3.8) is 0 Å². The Kier molecular flexibility index (Phi) is 4.35. The van der Waals surface area contributed by atoms with Crippen LogP contribution in [-0.2, 0) is 4.74 Å². The highest BCUT2D eigenvalue weighted by molar-refractivity contribution is 5.34. The summed E-state index contributed by atoms with van der Waals surface area (Å²) in [5.74, 6) is 8.38. The molecule has 0 saturated carbocycles. The molecule has 14 heavy (non-hydrogen) atoms. The minimum Gasteiger partial charge on any atom is -0.353 e. The number of terminal acetylenes is 1. The second-order valence-electron chi connectivity index (χ2n) is 2.79. The van der Waals surface area contributed by atoms with E-state index in [1.165, 1.54) is 0 Å². The highest BCUT2D eigenvalue weighted by atomic mass is 16.5. The molecule has 0 aromatic heterocycles. The zero-order valence-electron chi connectivity index (χ0n) is 8.16. The lowest BCUT2D eigenvalue weighted by atomic mass is 10.2. The van der Waals surface area contributed by atoms with Gasteiger partial charge in [-0.05, 0) is 19.1 Å². The molecule has 1 rings (SSSR count). The van der Waals surface area contributed by atoms with Crippen molar-refractivity contribution in [1.29, 1.82) is 0 Å². The second-order valence-corrected chi connectivity index (χ2v) is 2.79. The normalized spacial score (nSPS) is 10.9. The Balaban J connectivity index is 2.52. The minimum absolute atomic E-state index is 0.119. The molecule has 70 valence electrons. The average Bonchev–Trinajstić information content (AvgIpc) is 2.25. The lowest BCUT2D eigenvalue weighted by Gasteiger charge is -2.00. The third-order valence-electron chi connectivity index (χ3n) is 1.61. The number of benzene rings is 1. The van der Waals surface area contributed by atoms with Crippen molar-refractivity contribution in [2.24, 2.45) is 0 Å². The van der Waals surface area contributed by atoms with Crippen LogP contribution in [0.15, 0.2) is 30.3 Å². The van der Waals surface area contributed by atoms with E-state index in [4.69, 9.17) is 11.2 Å². The summed E-state index contributed by atoms with van der Waals surface area (Å²) in [6.07, 6.45) is 4.94. The molecule has 0 saturated heterocycles. The first-order chi connectivity index (χ1) is 6.83. The van der Waals surface area contributed by atoms with Crippen LogP contribution >= 0.6 is 0 Å². The molecule has 1 unspecified atom stereocenters. The first-order valence-corrected chi connectivity index (χ1v) is 4.44. The SMILES string of the molecule is C#CCOC(C)C#Cc1ccccc1. The summed E-state index contributed by atoms with van der Waals surface area (Å²) in [5.41, 5.74) is 0.989. The Bertz CT molecular complexity index is 362. The van der Waals surface area contributed by atoms with Gasteiger partial charge in [0, 0.05) is 5.56 Å². The lowest BCUT2D eigenvalue weighted by molar-refractivity contribution is 0.134. The van der Waals surface area contributed by atoms with Crippen molar-refractivity contribution in [2.45, 2.75) is 13.0 Å². The van der Waals surface area contributed by atoms with Gasteiger partial charge in [-0.15, -0.1) is 6.42 Å². The predicted octanol–water partition coefficient (Wildman–Crippen LogP) is 2.08. The largest absolute Gasteiger partial charge is 0.353 e. The summed E-state index contributed by atoms with van der Waals surface area (Å²) in [7, 11) is 0. The summed E-state index contributed by atoms with van der Waals surface area (Å²) in [5, 5.41) is 0. The van der Waals surface area contributed by atoms with E-state index in [-0.39, 0.29) is 6.10 Å². The number of ether oxygens (including phenoxy) is 1. The van der Waals surface area contributed by atoms with E-state index in [0.29, 0.717) is 6.61 Å². The molecular weight excluding hydrogens is 172 g/mol. The molecule has 0 aliphatic carbocycles. The van der Waals surface area contributed by atoms with Crippen LogP contribution in [0.1, 0.15) is 12.5 Å². The monoisotopic (exact) mass is 184 g/mol. The molecule has 0 aliphatic rings. The summed E-state index contributed by atoms with van der Waals surface area (Å²) in [4.78, 5) is 0. The number of hydrogen-bond donors (Lipinski definition) is 0. The molecule has 0 amide bonds. The lowest BCUT2D eigenvalue weighted by Crippen LogP contribution is -2.04. The van der Waals surface area contributed by atoms with Crippen molar-refractivity contribution in [3.8, 4) is 24.2 Å². The molecule has 1 atom stereocenters. The molecular formula is C13H12O. The molecule has 0 fully saturated rings. The quantitative estimate of drug-likeness (QED) is 0.639. The van der Waals surface area contributed by atoms with Crippen LogP contribution in [0.2, 0.25) is 0 Å². The Morgan fingerprint density at radius 2 is 2.07 bits per heavy atom. The molecule has 0 spiro atoms. The van der Waals surface area contributed by atoms with Gasteiger partial charge in [-0.1, -0.05) is 36.0 Å². The van der Waals surface area contributed by atoms with E-state index >= 15 is 0 Å². The van der Waals surface area contributed by atoms with Crippen molar-refractivity contribution in [3.05, 3.63) is 35.9 Å². The Morgan fingerprint density at radius 1 is 1.36 bits per heavy atom. The zero-order chi connectivity index (χ0) is 10.2. The zero-order valence-corrected chi connectivity index (χ0v) is 8.16. The van der Waals surface area contributed by atoms with E-state index in [9.17, 15) is 0 Å². The first kappa shape index (κ1) is 10.4. The Labute approximate surface area is 85.1 Å². The van der Waals surface area contributed by atoms with E-state index in [1.54, 1.807) is 0 Å². The third-order valence-corrected chi connectivity index (χ3v) is 1.61. The standard InChI is InChI=1S/C13H12O/c1-3-11-14-12(2)9-10-13-7-5-4-6-8-13/h1,4-8,12H,11H2,2H3. The van der Waals surface area contributed by atoms with Crippen LogP contribution in [0.5, 0.6) is 0 Å². The first-order valence-electron chi connectivity index (χ1n) is 4.44. The van der Waals surface area contributed by atoms with Crippen LogP contribution in [0, 0.1) is 24.2 Å². The fourth-order valence-corrected chi connectivity index (χ4v) is 0.921. The molecule has 0 radical (unpaired) electrons. The molecule has 1 nitrogen and oxygen atoms in total. The summed E-state index contributed by atoms with van der Waals surface area (Å²) < 4.78 is 5.20. The maximum absolute atomic E-state index is 5.20. The number of rotatable bonds is 2. The Morgan fingerprint density at radius 3 is 2.71 bits per heavy atom. The van der Waals surface area contributed by atoms with Gasteiger partial charge in [0.25, 0.3) is 0 Å². The highest BCUT2D eigenvalue weighted by Crippen LogP contribution is 1.96. The van der Waals surface area contributed by atoms with E-state index in [1.807, 2.05) is 37.3 Å². The van der Waals surface area contributed by atoms with Gasteiger partial charge in [-0.2, -0.15) is 0 Å². The third kappa shape index (κ3) is 3.81. The van der Waals surface area contributed by atoms with Crippen LogP contribution in [0.4, 0.5) is 0 Å². The maximum atomic E-state index is 5.20. The van der Waals surface area contributed by atoms with Gasteiger partial charge < -0.3 is 4.74 Å². The minimum atomic E-state index is -0.119. The van der Waals surface area contributed by atoms with Gasteiger partial charge in [-0.3, -0.25) is 0 Å². The molecule has 0 heterocycles. The molecule has 1 aromatic carbocycles. The predicted molar refractivity (Wildman–Crippen MR) is 57.6 cm³/mol. The molecule has 0 bridgehead atoms. The van der Waals surface area contributed by atoms with Gasteiger partial charge >= 0.3 is 0 Å². The smallest absolute Gasteiger partial charge is 0.117 e. The van der Waals surface area contributed by atoms with Gasteiger partial charge in [0.1, 0.15) is 12.7 Å². The summed E-state index contributed by atoms with van der Waals surface area (Å²) in [6, 6.07) is 9.79. The van der Waals surface area contributed by atoms with Crippen LogP contribution < -0.4 is 0 Å². The average molecular weight is 184 g/mol. The van der Waals surface area contributed by atoms with E-state index in [0.717, 1.165) is 5.56 Å². The fraction of sp³-hybridized carbons (Fsp3) is 0.231. The fourth-order valence-electron chi connectivity index (χ4n) is 0.921.